The number of hydrogen-bond acceptors (Lipinski definition) is 3. The van der Waals surface area contributed by atoms with Crippen LogP contribution < -0.4 is 0 Å². The summed E-state index contributed by atoms with van der Waals surface area (Å²) >= 11 is 0. The maximum Gasteiger partial charge on any atom is 0.166 e. The van der Waals surface area contributed by atoms with E-state index in [9.17, 15) is 0 Å². The molecule has 0 aliphatic carbocycles. The highest BCUT2D eigenvalue weighted by Gasteiger charge is 2.23. The Labute approximate surface area is 311 Å². The number of hydrogen-bond donors (Lipinski definition) is 0. The molecule has 8 aromatic carbocycles. The number of rotatable bonds is 5. The average Bonchev–Trinajstić information content (AvgIpc) is 3.77. The van der Waals surface area contributed by atoms with Gasteiger partial charge in [-0.1, -0.05) is 146 Å². The summed E-state index contributed by atoms with van der Waals surface area (Å²) in [5.74, 6) is 1.87. The van der Waals surface area contributed by atoms with Crippen molar-refractivity contribution in [1.29, 1.82) is 0 Å². The lowest BCUT2D eigenvalue weighted by molar-refractivity contribution is 1.07. The first-order chi connectivity index (χ1) is 26.8. The van der Waals surface area contributed by atoms with Gasteiger partial charge in [-0.2, -0.15) is 0 Å². The molecule has 0 radical (unpaired) electrons. The minimum atomic E-state index is 0.622. The molecule has 0 bridgehead atoms. The molecule has 0 fully saturated rings. The van der Waals surface area contributed by atoms with Gasteiger partial charge in [0.1, 0.15) is 0 Å². The number of fused-ring (bicyclic) bond motifs is 7. The molecular weight excluding hydrogens is 659 g/mol. The molecule has 0 aliphatic rings. The molecule has 0 aliphatic heterocycles. The number of aromatic nitrogens is 5. The molecule has 11 rings (SSSR count). The fourth-order valence-electron chi connectivity index (χ4n) is 8.25. The standard InChI is InChI=1S/C49H31N5/c1-3-17-33(18-4-1)47-50-48(39-25-15-29-43-45(39)38-24-11-14-28-42(38)53(43)34-19-5-2-6-20-34)52-49(51-47)46-35-21-8-7-16-32(35)30-31-44(46)54-40-26-12-9-22-36(40)37-23-10-13-27-41(37)54/h1-31H. The number of nitrogens with zero attached hydrogens (tertiary/aromatic N) is 5. The zero-order valence-electron chi connectivity index (χ0n) is 29.1. The highest BCUT2D eigenvalue weighted by molar-refractivity contribution is 6.15. The van der Waals surface area contributed by atoms with E-state index in [1.807, 2.05) is 18.2 Å². The van der Waals surface area contributed by atoms with Gasteiger partial charge in [0.15, 0.2) is 17.5 Å². The SMILES string of the molecule is c1ccc(-c2nc(-c3c(-n4c5ccccc5c5ccccc54)ccc4ccccc34)nc(-c3cccc4c3c3ccccc3n4-c3ccccc3)n2)cc1. The van der Waals surface area contributed by atoms with Crippen molar-refractivity contribution in [2.45, 2.75) is 0 Å². The quantitative estimate of drug-likeness (QED) is 0.181. The van der Waals surface area contributed by atoms with Crippen LogP contribution in [0.5, 0.6) is 0 Å². The van der Waals surface area contributed by atoms with Crippen LogP contribution in [0, 0.1) is 0 Å². The molecule has 54 heavy (non-hydrogen) atoms. The van der Waals surface area contributed by atoms with Crippen LogP contribution in [0.1, 0.15) is 0 Å². The Bertz CT molecular complexity index is 3160. The molecule has 5 heteroatoms. The van der Waals surface area contributed by atoms with Crippen LogP contribution in [-0.4, -0.2) is 24.1 Å². The summed E-state index contributed by atoms with van der Waals surface area (Å²) in [6.45, 7) is 0. The van der Waals surface area contributed by atoms with Gasteiger partial charge < -0.3 is 9.13 Å². The fraction of sp³-hybridized carbons (Fsp3) is 0. The Balaban J connectivity index is 1.26. The summed E-state index contributed by atoms with van der Waals surface area (Å²) in [7, 11) is 0. The van der Waals surface area contributed by atoms with Gasteiger partial charge >= 0.3 is 0 Å². The van der Waals surface area contributed by atoms with Gasteiger partial charge in [-0.25, -0.2) is 15.0 Å². The molecular formula is C49H31N5. The first kappa shape index (κ1) is 30.3. The van der Waals surface area contributed by atoms with Gasteiger partial charge in [0.2, 0.25) is 0 Å². The van der Waals surface area contributed by atoms with E-state index in [1.165, 1.54) is 10.8 Å². The summed E-state index contributed by atoms with van der Waals surface area (Å²) < 4.78 is 4.70. The molecule has 5 nitrogen and oxygen atoms in total. The molecule has 11 aromatic rings. The van der Waals surface area contributed by atoms with Crippen LogP contribution in [0.25, 0.3) is 99.9 Å². The predicted molar refractivity (Wildman–Crippen MR) is 222 cm³/mol. The highest BCUT2D eigenvalue weighted by atomic mass is 15.1. The van der Waals surface area contributed by atoms with Crippen LogP contribution in [0.15, 0.2) is 188 Å². The van der Waals surface area contributed by atoms with Crippen molar-refractivity contribution >= 4 is 54.4 Å². The Kier molecular flexibility index (Phi) is 6.79. The molecule has 0 saturated carbocycles. The lowest BCUT2D eigenvalue weighted by Crippen LogP contribution is -2.04. The van der Waals surface area contributed by atoms with Crippen LogP contribution in [0.4, 0.5) is 0 Å². The van der Waals surface area contributed by atoms with E-state index in [4.69, 9.17) is 15.0 Å². The van der Waals surface area contributed by atoms with Gasteiger partial charge in [0.25, 0.3) is 0 Å². The Morgan fingerprint density at radius 3 is 1.59 bits per heavy atom. The van der Waals surface area contributed by atoms with E-state index in [0.717, 1.165) is 71.7 Å². The highest BCUT2D eigenvalue weighted by Crippen LogP contribution is 2.41. The van der Waals surface area contributed by atoms with Gasteiger partial charge in [-0.05, 0) is 53.2 Å². The normalized spacial score (nSPS) is 11.7. The lowest BCUT2D eigenvalue weighted by atomic mass is 10.0. The van der Waals surface area contributed by atoms with Crippen LogP contribution in [0.2, 0.25) is 0 Å². The molecule has 252 valence electrons. The topological polar surface area (TPSA) is 48.5 Å². The summed E-state index contributed by atoms with van der Waals surface area (Å²) in [5.41, 5.74) is 9.45. The van der Waals surface area contributed by atoms with E-state index in [-0.39, 0.29) is 0 Å². The molecule has 0 spiro atoms. The Morgan fingerprint density at radius 2 is 0.870 bits per heavy atom. The summed E-state index contributed by atoms with van der Waals surface area (Å²) in [6.07, 6.45) is 0. The van der Waals surface area contributed by atoms with Crippen molar-refractivity contribution in [3.8, 4) is 45.5 Å². The lowest BCUT2D eigenvalue weighted by Gasteiger charge is -2.17. The third kappa shape index (κ3) is 4.62. The molecule has 3 aromatic heterocycles. The number of benzene rings is 8. The van der Waals surface area contributed by atoms with Crippen molar-refractivity contribution in [3.63, 3.8) is 0 Å². The van der Waals surface area contributed by atoms with Crippen molar-refractivity contribution in [1.82, 2.24) is 24.1 Å². The second-order valence-electron chi connectivity index (χ2n) is 13.6. The molecule has 3 heterocycles. The summed E-state index contributed by atoms with van der Waals surface area (Å²) in [4.78, 5) is 16.1. The first-order valence-electron chi connectivity index (χ1n) is 18.2. The van der Waals surface area contributed by atoms with Crippen molar-refractivity contribution in [2.75, 3.05) is 0 Å². The predicted octanol–water partition coefficient (Wildman–Crippen LogP) is 12.2. The van der Waals surface area contributed by atoms with Gasteiger partial charge in [0, 0.05) is 38.4 Å². The van der Waals surface area contributed by atoms with Crippen molar-refractivity contribution in [2.24, 2.45) is 0 Å². The molecule has 0 saturated heterocycles. The largest absolute Gasteiger partial charge is 0.309 e. The monoisotopic (exact) mass is 689 g/mol. The molecule has 0 N–H and O–H groups in total. The van der Waals surface area contributed by atoms with E-state index in [2.05, 4.69) is 179 Å². The van der Waals surface area contributed by atoms with Gasteiger partial charge in [0.05, 0.1) is 33.3 Å². The fourth-order valence-corrected chi connectivity index (χ4v) is 8.25. The zero-order chi connectivity index (χ0) is 35.6. The van der Waals surface area contributed by atoms with Crippen molar-refractivity contribution < 1.29 is 0 Å². The molecule has 0 amide bonds. The zero-order valence-corrected chi connectivity index (χ0v) is 29.1. The van der Waals surface area contributed by atoms with E-state index in [1.54, 1.807) is 0 Å². The van der Waals surface area contributed by atoms with E-state index >= 15 is 0 Å². The molecule has 0 unspecified atom stereocenters. The average molecular weight is 690 g/mol. The third-order valence-electron chi connectivity index (χ3n) is 10.6. The van der Waals surface area contributed by atoms with E-state index < -0.39 is 0 Å². The second kappa shape index (κ2) is 12.1. The first-order valence-corrected chi connectivity index (χ1v) is 18.2. The van der Waals surface area contributed by atoms with Crippen LogP contribution in [-0.2, 0) is 0 Å². The number of para-hydroxylation sites is 4. The maximum atomic E-state index is 5.47. The van der Waals surface area contributed by atoms with Crippen LogP contribution >= 0.6 is 0 Å². The van der Waals surface area contributed by atoms with Crippen molar-refractivity contribution in [3.05, 3.63) is 188 Å². The maximum absolute atomic E-state index is 5.47. The van der Waals surface area contributed by atoms with Gasteiger partial charge in [-0.15, -0.1) is 0 Å². The third-order valence-corrected chi connectivity index (χ3v) is 10.6. The summed E-state index contributed by atoms with van der Waals surface area (Å²) in [6, 6.07) is 66.0. The minimum Gasteiger partial charge on any atom is -0.309 e. The smallest absolute Gasteiger partial charge is 0.166 e. The van der Waals surface area contributed by atoms with Crippen LogP contribution in [0.3, 0.4) is 0 Å². The minimum absolute atomic E-state index is 0.622. The Hall–Kier alpha value is -7.37. The summed E-state index contributed by atoms with van der Waals surface area (Å²) in [5, 5.41) is 6.85. The Morgan fingerprint density at radius 1 is 0.333 bits per heavy atom. The molecule has 0 atom stereocenters. The second-order valence-corrected chi connectivity index (χ2v) is 13.6. The van der Waals surface area contributed by atoms with Gasteiger partial charge in [-0.3, -0.25) is 0 Å². The van der Waals surface area contributed by atoms with E-state index in [0.29, 0.717) is 17.5 Å².